The Kier molecular flexibility index (Phi) is 7.03. The summed E-state index contributed by atoms with van der Waals surface area (Å²) in [5.41, 5.74) is 4.15. The van der Waals surface area contributed by atoms with Crippen molar-refractivity contribution in [2.45, 2.75) is 0 Å². The van der Waals surface area contributed by atoms with Crippen LogP contribution >= 0.6 is 34.5 Å². The predicted molar refractivity (Wildman–Crippen MR) is 173 cm³/mol. The molecule has 1 fully saturated rings. The number of rotatable bonds is 5. The number of para-hydroxylation sites is 2. The fraction of sp³-hybridized carbons (Fsp3) is 0.161. The number of aromatic nitrogens is 4. The third-order valence-electron chi connectivity index (χ3n) is 7.45. The zero-order valence-electron chi connectivity index (χ0n) is 22.6. The second-order valence-corrected chi connectivity index (χ2v) is 12.0. The van der Waals surface area contributed by atoms with E-state index < -0.39 is 0 Å². The Morgan fingerprint density at radius 1 is 0.881 bits per heavy atom. The average molecular weight is 615 g/mol. The van der Waals surface area contributed by atoms with Gasteiger partial charge in [0.1, 0.15) is 5.01 Å². The van der Waals surface area contributed by atoms with Gasteiger partial charge in [-0.25, -0.2) is 15.0 Å². The van der Waals surface area contributed by atoms with Crippen LogP contribution in [-0.4, -0.2) is 57.6 Å². The standard InChI is InChI=1S/C31H25Cl2N7OS/c1-38-13-15-39(16-14-38)20-11-9-19(10-12-20)35-31-34-17-21-27(37-31)22(29-36-25-7-2-3-8-26(25)42-29)18-40(30(21)41)28-23(32)5-4-6-24(28)33/h2-12,17-18H,13-16H2,1H3,(H,34,35,37). The minimum atomic E-state index is -0.326. The van der Waals surface area contributed by atoms with Crippen LogP contribution in [0.25, 0.3) is 37.4 Å². The maximum absolute atomic E-state index is 13.8. The van der Waals surface area contributed by atoms with E-state index in [1.165, 1.54) is 21.6 Å². The molecule has 1 N–H and O–H groups in total. The van der Waals surface area contributed by atoms with Crippen LogP contribution < -0.4 is 15.8 Å². The maximum atomic E-state index is 13.8. The molecule has 1 aliphatic heterocycles. The third kappa shape index (κ3) is 4.98. The lowest BCUT2D eigenvalue weighted by atomic mass is 10.2. The third-order valence-corrected chi connectivity index (χ3v) is 9.13. The number of thiazole rings is 1. The molecule has 0 atom stereocenters. The predicted octanol–water partition coefficient (Wildman–Crippen LogP) is 6.86. The largest absolute Gasteiger partial charge is 0.369 e. The van der Waals surface area contributed by atoms with E-state index in [4.69, 9.17) is 33.2 Å². The van der Waals surface area contributed by atoms with Gasteiger partial charge in [-0.3, -0.25) is 9.36 Å². The van der Waals surface area contributed by atoms with Gasteiger partial charge in [0.25, 0.3) is 5.56 Å². The van der Waals surface area contributed by atoms with Gasteiger partial charge in [-0.1, -0.05) is 41.4 Å². The molecule has 42 heavy (non-hydrogen) atoms. The van der Waals surface area contributed by atoms with Crippen LogP contribution in [0.5, 0.6) is 0 Å². The fourth-order valence-electron chi connectivity index (χ4n) is 5.16. The molecule has 0 bridgehead atoms. The minimum absolute atomic E-state index is 0.326. The summed E-state index contributed by atoms with van der Waals surface area (Å²) >= 11 is 14.6. The summed E-state index contributed by atoms with van der Waals surface area (Å²) < 4.78 is 2.49. The van der Waals surface area contributed by atoms with Crippen molar-refractivity contribution in [2.24, 2.45) is 0 Å². The van der Waals surface area contributed by atoms with E-state index in [1.54, 1.807) is 30.6 Å². The summed E-state index contributed by atoms with van der Waals surface area (Å²) in [5, 5.41) is 5.08. The van der Waals surface area contributed by atoms with Crippen LogP contribution in [0.2, 0.25) is 10.0 Å². The number of halogens is 2. The van der Waals surface area contributed by atoms with Gasteiger partial charge in [0.15, 0.2) is 0 Å². The molecule has 11 heteroatoms. The normalized spacial score (nSPS) is 14.1. The van der Waals surface area contributed by atoms with Gasteiger partial charge in [0.05, 0.1) is 42.4 Å². The van der Waals surface area contributed by atoms with E-state index in [-0.39, 0.29) is 5.56 Å². The highest BCUT2D eigenvalue weighted by Gasteiger charge is 2.20. The van der Waals surface area contributed by atoms with Crippen LogP contribution in [0.3, 0.4) is 0 Å². The number of fused-ring (bicyclic) bond motifs is 2. The number of likely N-dealkylation sites (N-methyl/N-ethyl adjacent to an activating group) is 1. The first-order valence-corrected chi connectivity index (χ1v) is 15.1. The second-order valence-electron chi connectivity index (χ2n) is 10.2. The van der Waals surface area contributed by atoms with Crippen molar-refractivity contribution in [1.82, 2.24) is 24.4 Å². The first-order valence-electron chi connectivity index (χ1n) is 13.5. The lowest BCUT2D eigenvalue weighted by molar-refractivity contribution is 0.313. The quantitative estimate of drug-likeness (QED) is 0.227. The monoisotopic (exact) mass is 613 g/mol. The Hall–Kier alpha value is -4.02. The number of piperazine rings is 1. The van der Waals surface area contributed by atoms with Crippen molar-refractivity contribution < 1.29 is 0 Å². The molecule has 0 unspecified atom stereocenters. The van der Waals surface area contributed by atoms with Gasteiger partial charge in [-0.15, -0.1) is 11.3 Å². The van der Waals surface area contributed by atoms with E-state index in [9.17, 15) is 4.79 Å². The van der Waals surface area contributed by atoms with Gasteiger partial charge < -0.3 is 15.1 Å². The molecule has 0 saturated carbocycles. The minimum Gasteiger partial charge on any atom is -0.369 e. The number of hydrogen-bond acceptors (Lipinski definition) is 8. The number of benzene rings is 3. The summed E-state index contributed by atoms with van der Waals surface area (Å²) in [7, 11) is 2.15. The van der Waals surface area contributed by atoms with Crippen molar-refractivity contribution >= 4 is 73.0 Å². The van der Waals surface area contributed by atoms with Crippen LogP contribution in [0.15, 0.2) is 83.9 Å². The molecular formula is C31H25Cl2N7OS. The van der Waals surface area contributed by atoms with E-state index >= 15 is 0 Å². The van der Waals surface area contributed by atoms with Gasteiger partial charge in [0.2, 0.25) is 5.95 Å². The number of nitrogens with zero attached hydrogens (tertiary/aromatic N) is 6. The summed E-state index contributed by atoms with van der Waals surface area (Å²) in [6, 6.07) is 21.3. The molecule has 3 aromatic heterocycles. The molecule has 7 rings (SSSR count). The molecular weight excluding hydrogens is 589 g/mol. The summed E-state index contributed by atoms with van der Waals surface area (Å²) in [5.74, 6) is 0.380. The van der Waals surface area contributed by atoms with E-state index in [2.05, 4.69) is 39.3 Å². The first-order chi connectivity index (χ1) is 20.4. The van der Waals surface area contributed by atoms with Crippen LogP contribution in [0, 0.1) is 0 Å². The molecule has 1 saturated heterocycles. The summed E-state index contributed by atoms with van der Waals surface area (Å²) in [4.78, 5) is 32.7. The van der Waals surface area contributed by atoms with Gasteiger partial charge in [-0.2, -0.15) is 0 Å². The van der Waals surface area contributed by atoms with Gasteiger partial charge >= 0.3 is 0 Å². The second kappa shape index (κ2) is 11.0. The zero-order chi connectivity index (χ0) is 28.8. The average Bonchev–Trinajstić information content (AvgIpc) is 3.43. The van der Waals surface area contributed by atoms with E-state index in [0.717, 1.165) is 47.1 Å². The molecule has 210 valence electrons. The molecule has 1 aliphatic rings. The number of hydrogen-bond donors (Lipinski definition) is 1. The Bertz CT molecular complexity index is 1950. The SMILES string of the molecule is CN1CCN(c2ccc(Nc3ncc4c(=O)n(-c5c(Cl)cccc5Cl)cc(-c5nc6ccccc6s5)c4n3)cc2)CC1. The Morgan fingerprint density at radius 3 is 2.36 bits per heavy atom. The Balaban J connectivity index is 1.32. The smallest absolute Gasteiger partial charge is 0.266 e. The number of anilines is 3. The highest BCUT2D eigenvalue weighted by atomic mass is 35.5. The van der Waals surface area contributed by atoms with Crippen molar-refractivity contribution in [3.05, 3.63) is 99.5 Å². The molecule has 8 nitrogen and oxygen atoms in total. The van der Waals surface area contributed by atoms with Crippen LogP contribution in [-0.2, 0) is 0 Å². The molecule has 0 radical (unpaired) electrons. The van der Waals surface area contributed by atoms with Crippen molar-refractivity contribution in [3.8, 4) is 16.3 Å². The van der Waals surface area contributed by atoms with Gasteiger partial charge in [-0.05, 0) is 55.6 Å². The molecule has 6 aromatic rings. The highest BCUT2D eigenvalue weighted by molar-refractivity contribution is 7.21. The fourth-order valence-corrected chi connectivity index (χ4v) is 6.72. The number of nitrogens with one attached hydrogen (secondary N) is 1. The molecule has 0 spiro atoms. The highest BCUT2D eigenvalue weighted by Crippen LogP contribution is 2.35. The van der Waals surface area contributed by atoms with Crippen molar-refractivity contribution in [1.29, 1.82) is 0 Å². The lowest BCUT2D eigenvalue weighted by Gasteiger charge is -2.34. The van der Waals surface area contributed by atoms with Crippen molar-refractivity contribution in [2.75, 3.05) is 43.4 Å². The molecule has 0 amide bonds. The Morgan fingerprint density at radius 2 is 1.62 bits per heavy atom. The van der Waals surface area contributed by atoms with Crippen LogP contribution in [0.4, 0.5) is 17.3 Å². The number of pyridine rings is 1. The van der Waals surface area contributed by atoms with Crippen molar-refractivity contribution in [3.63, 3.8) is 0 Å². The summed E-state index contributed by atoms with van der Waals surface area (Å²) in [6.45, 7) is 4.10. The van der Waals surface area contributed by atoms with E-state index in [0.29, 0.717) is 38.1 Å². The molecule has 0 aliphatic carbocycles. The zero-order valence-corrected chi connectivity index (χ0v) is 24.9. The van der Waals surface area contributed by atoms with Crippen LogP contribution in [0.1, 0.15) is 0 Å². The Labute approximate surface area is 255 Å². The molecule has 3 aromatic carbocycles. The topological polar surface area (TPSA) is 79.2 Å². The maximum Gasteiger partial charge on any atom is 0.266 e. The summed E-state index contributed by atoms with van der Waals surface area (Å²) in [6.07, 6.45) is 3.26. The van der Waals surface area contributed by atoms with Gasteiger partial charge in [0, 0.05) is 49.9 Å². The lowest BCUT2D eigenvalue weighted by Crippen LogP contribution is -2.44. The molecule has 4 heterocycles. The van der Waals surface area contributed by atoms with E-state index in [1.807, 2.05) is 36.4 Å². The first kappa shape index (κ1) is 26.9.